The molecule has 0 unspecified atom stereocenters. The number of carbonyl (C=O) groups excluding carboxylic acids is 2. The van der Waals surface area contributed by atoms with E-state index >= 15 is 0 Å². The van der Waals surface area contributed by atoms with Gasteiger partial charge < -0.3 is 10.6 Å². The van der Waals surface area contributed by atoms with E-state index in [2.05, 4.69) is 10.6 Å². The van der Waals surface area contributed by atoms with E-state index in [-0.39, 0.29) is 16.9 Å². The molecule has 0 saturated heterocycles. The van der Waals surface area contributed by atoms with E-state index in [1.54, 1.807) is 12.1 Å². The number of carbonyl (C=O) groups is 2. The fraction of sp³-hybridized carbons (Fsp3) is 0.0476. The molecular formula is C21H16F2N2O2S. The number of rotatable bonds is 5. The Labute approximate surface area is 164 Å². The van der Waals surface area contributed by atoms with Crippen molar-refractivity contribution in [2.24, 2.45) is 0 Å². The molecule has 1 heterocycles. The third-order valence-electron chi connectivity index (χ3n) is 3.91. The molecule has 28 heavy (non-hydrogen) atoms. The molecule has 0 radical (unpaired) electrons. The van der Waals surface area contributed by atoms with Crippen molar-refractivity contribution in [2.75, 3.05) is 10.6 Å². The summed E-state index contributed by atoms with van der Waals surface area (Å²) in [5.41, 5.74) is 0.497. The molecule has 0 bridgehead atoms. The summed E-state index contributed by atoms with van der Waals surface area (Å²) in [4.78, 5) is 26.1. The zero-order chi connectivity index (χ0) is 20.1. The Hall–Kier alpha value is -3.32. The molecule has 0 aliphatic carbocycles. The van der Waals surface area contributed by atoms with Crippen LogP contribution in [0, 0.1) is 18.6 Å². The Kier molecular flexibility index (Phi) is 5.96. The third-order valence-corrected chi connectivity index (χ3v) is 4.88. The highest BCUT2D eigenvalue weighted by Crippen LogP contribution is 2.22. The molecule has 2 N–H and O–H groups in total. The van der Waals surface area contributed by atoms with Gasteiger partial charge in [-0.05, 0) is 54.3 Å². The monoisotopic (exact) mass is 398 g/mol. The van der Waals surface area contributed by atoms with E-state index in [0.29, 0.717) is 4.88 Å². The summed E-state index contributed by atoms with van der Waals surface area (Å²) in [7, 11) is 0. The second-order valence-electron chi connectivity index (χ2n) is 5.89. The first-order chi connectivity index (χ1) is 13.5. The van der Waals surface area contributed by atoms with Crippen LogP contribution in [0.15, 0.2) is 65.6 Å². The number of benzene rings is 2. The zero-order valence-electron chi connectivity index (χ0n) is 14.8. The summed E-state index contributed by atoms with van der Waals surface area (Å²) in [6.45, 7) is 1.84. The number of anilines is 2. The van der Waals surface area contributed by atoms with Gasteiger partial charge in [0.1, 0.15) is 17.2 Å². The minimum absolute atomic E-state index is 0.0556. The van der Waals surface area contributed by atoms with Gasteiger partial charge in [0.2, 0.25) is 0 Å². The fourth-order valence-electron chi connectivity index (χ4n) is 2.40. The van der Waals surface area contributed by atoms with Crippen molar-refractivity contribution >= 4 is 40.6 Å². The SMILES string of the molecule is Cc1ccsc1C=C(C(=O)Nc1ccccc1F)C(=O)Nc1ccccc1F. The van der Waals surface area contributed by atoms with Gasteiger partial charge in [-0.2, -0.15) is 0 Å². The molecule has 3 aromatic rings. The number of thiophene rings is 1. The Morgan fingerprint density at radius 3 is 1.79 bits per heavy atom. The molecule has 2 aromatic carbocycles. The van der Waals surface area contributed by atoms with Crippen LogP contribution in [0.25, 0.3) is 6.08 Å². The van der Waals surface area contributed by atoms with Gasteiger partial charge in [0.25, 0.3) is 11.8 Å². The molecule has 4 nitrogen and oxygen atoms in total. The van der Waals surface area contributed by atoms with Crippen LogP contribution in [0.5, 0.6) is 0 Å². The number of amides is 2. The second kappa shape index (κ2) is 8.58. The lowest BCUT2D eigenvalue weighted by Gasteiger charge is -2.11. The van der Waals surface area contributed by atoms with E-state index in [1.807, 2.05) is 18.4 Å². The van der Waals surface area contributed by atoms with Crippen LogP contribution in [0.4, 0.5) is 20.2 Å². The Morgan fingerprint density at radius 1 is 0.857 bits per heavy atom. The fourth-order valence-corrected chi connectivity index (χ4v) is 3.26. The van der Waals surface area contributed by atoms with Crippen LogP contribution in [0.1, 0.15) is 10.4 Å². The molecule has 2 amide bonds. The van der Waals surface area contributed by atoms with Gasteiger partial charge in [-0.3, -0.25) is 9.59 Å². The molecule has 0 saturated carbocycles. The second-order valence-corrected chi connectivity index (χ2v) is 6.84. The third kappa shape index (κ3) is 4.50. The summed E-state index contributed by atoms with van der Waals surface area (Å²) < 4.78 is 27.7. The maximum atomic E-state index is 13.9. The Morgan fingerprint density at radius 2 is 1.36 bits per heavy atom. The lowest BCUT2D eigenvalue weighted by atomic mass is 10.1. The molecule has 7 heteroatoms. The van der Waals surface area contributed by atoms with E-state index in [4.69, 9.17) is 0 Å². The first-order valence-corrected chi connectivity index (χ1v) is 9.21. The molecule has 0 aliphatic rings. The van der Waals surface area contributed by atoms with Gasteiger partial charge in [-0.1, -0.05) is 24.3 Å². The van der Waals surface area contributed by atoms with Crippen molar-refractivity contribution in [2.45, 2.75) is 6.92 Å². The topological polar surface area (TPSA) is 58.2 Å². The minimum Gasteiger partial charge on any atom is -0.319 e. The van der Waals surface area contributed by atoms with Crippen LogP contribution in [-0.2, 0) is 9.59 Å². The molecule has 142 valence electrons. The maximum Gasteiger partial charge on any atom is 0.261 e. The van der Waals surface area contributed by atoms with Crippen molar-refractivity contribution in [1.29, 1.82) is 0 Å². The molecule has 0 atom stereocenters. The zero-order valence-corrected chi connectivity index (χ0v) is 15.6. The number of aryl methyl sites for hydroxylation is 1. The van der Waals surface area contributed by atoms with Crippen LogP contribution in [-0.4, -0.2) is 11.8 Å². The van der Waals surface area contributed by atoms with E-state index in [1.165, 1.54) is 53.8 Å². The highest BCUT2D eigenvalue weighted by molar-refractivity contribution is 7.11. The summed E-state index contributed by atoms with van der Waals surface area (Å²) in [6.07, 6.45) is 1.41. The number of nitrogens with one attached hydrogen (secondary N) is 2. The van der Waals surface area contributed by atoms with Gasteiger partial charge in [-0.15, -0.1) is 11.3 Å². The molecule has 0 fully saturated rings. The van der Waals surface area contributed by atoms with Gasteiger partial charge >= 0.3 is 0 Å². The van der Waals surface area contributed by atoms with Crippen molar-refractivity contribution in [3.05, 3.63) is 87.6 Å². The van der Waals surface area contributed by atoms with Crippen LogP contribution < -0.4 is 10.6 Å². The highest BCUT2D eigenvalue weighted by Gasteiger charge is 2.21. The number of hydrogen-bond acceptors (Lipinski definition) is 3. The summed E-state index contributed by atoms with van der Waals surface area (Å²) >= 11 is 1.35. The van der Waals surface area contributed by atoms with Crippen LogP contribution in [0.3, 0.4) is 0 Å². The Balaban J connectivity index is 1.93. The van der Waals surface area contributed by atoms with Crippen LogP contribution >= 0.6 is 11.3 Å². The first-order valence-electron chi connectivity index (χ1n) is 8.33. The van der Waals surface area contributed by atoms with Crippen molar-refractivity contribution in [1.82, 2.24) is 0 Å². The Bertz CT molecular complexity index is 998. The highest BCUT2D eigenvalue weighted by atomic mass is 32.1. The van der Waals surface area contributed by atoms with Crippen molar-refractivity contribution < 1.29 is 18.4 Å². The van der Waals surface area contributed by atoms with Crippen LogP contribution in [0.2, 0.25) is 0 Å². The van der Waals surface area contributed by atoms with Crippen molar-refractivity contribution in [3.8, 4) is 0 Å². The average Bonchev–Trinajstić information content (AvgIpc) is 3.08. The molecule has 3 rings (SSSR count). The minimum atomic E-state index is -0.799. The molecule has 0 spiro atoms. The smallest absolute Gasteiger partial charge is 0.261 e. The first kappa shape index (κ1) is 19.4. The average molecular weight is 398 g/mol. The summed E-state index contributed by atoms with van der Waals surface area (Å²) in [5.74, 6) is -2.85. The largest absolute Gasteiger partial charge is 0.319 e. The van der Waals surface area contributed by atoms with Gasteiger partial charge in [0.15, 0.2) is 0 Å². The van der Waals surface area contributed by atoms with Crippen molar-refractivity contribution in [3.63, 3.8) is 0 Å². The van der Waals surface area contributed by atoms with Gasteiger partial charge in [-0.25, -0.2) is 8.78 Å². The normalized spacial score (nSPS) is 10.2. The standard InChI is InChI=1S/C21H16F2N2O2S/c1-13-10-11-28-19(13)12-14(20(26)24-17-8-4-2-6-15(17)22)21(27)25-18-9-5-3-7-16(18)23/h2-12H,1H3,(H,24,26)(H,25,27). The molecular weight excluding hydrogens is 382 g/mol. The van der Waals surface area contributed by atoms with E-state index in [0.717, 1.165) is 5.56 Å². The number of hydrogen-bond donors (Lipinski definition) is 2. The van der Waals surface area contributed by atoms with E-state index < -0.39 is 23.4 Å². The lowest BCUT2D eigenvalue weighted by molar-refractivity contribution is -0.118. The number of halogens is 2. The van der Waals surface area contributed by atoms with Gasteiger partial charge in [0.05, 0.1) is 11.4 Å². The molecule has 0 aliphatic heterocycles. The van der Waals surface area contributed by atoms with E-state index in [9.17, 15) is 18.4 Å². The predicted molar refractivity (Wildman–Crippen MR) is 107 cm³/mol. The maximum absolute atomic E-state index is 13.9. The quantitative estimate of drug-likeness (QED) is 0.361. The predicted octanol–water partition coefficient (Wildman–Crippen LogP) is 5.00. The summed E-state index contributed by atoms with van der Waals surface area (Å²) in [6, 6.07) is 13.1. The lowest BCUT2D eigenvalue weighted by Crippen LogP contribution is -2.26. The number of para-hydroxylation sites is 2. The summed E-state index contributed by atoms with van der Waals surface area (Å²) in [5, 5.41) is 6.60. The molecule has 1 aromatic heterocycles. The van der Waals surface area contributed by atoms with Gasteiger partial charge in [0, 0.05) is 4.88 Å².